The lowest BCUT2D eigenvalue weighted by atomic mass is 9.91. The predicted molar refractivity (Wildman–Crippen MR) is 96.5 cm³/mol. The van der Waals surface area contributed by atoms with Gasteiger partial charge in [0.2, 0.25) is 5.91 Å². The summed E-state index contributed by atoms with van der Waals surface area (Å²) in [5.74, 6) is -0.988. The summed E-state index contributed by atoms with van der Waals surface area (Å²) in [6.07, 6.45) is 8.42. The smallest absolute Gasteiger partial charge is 0.222 e. The van der Waals surface area contributed by atoms with E-state index in [1.807, 2.05) is 17.0 Å². The normalized spacial score (nSPS) is 17.3. The molecule has 1 aromatic carbocycles. The standard InChI is InChI=1S/C21H24F2N2O/c22-19-7-5-17(14-20(19)23)3-4-18-2-1-13-25(15-18)21(26)8-6-16-9-11-24-12-10-16/h5,7,9-12,14,18H,1-4,6,8,13,15H2/t18-/m1/s1. The third kappa shape index (κ3) is 5.10. The van der Waals surface area contributed by atoms with E-state index < -0.39 is 11.6 Å². The number of rotatable bonds is 6. The minimum Gasteiger partial charge on any atom is -0.342 e. The third-order valence-corrected chi connectivity index (χ3v) is 5.07. The summed E-state index contributed by atoms with van der Waals surface area (Å²) >= 11 is 0. The van der Waals surface area contributed by atoms with E-state index in [-0.39, 0.29) is 5.91 Å². The second-order valence-electron chi connectivity index (χ2n) is 6.99. The molecule has 2 heterocycles. The van der Waals surface area contributed by atoms with Gasteiger partial charge in [0.1, 0.15) is 0 Å². The first-order valence-electron chi connectivity index (χ1n) is 9.22. The van der Waals surface area contributed by atoms with Crippen molar-refractivity contribution in [3.63, 3.8) is 0 Å². The van der Waals surface area contributed by atoms with Crippen LogP contribution in [-0.2, 0) is 17.6 Å². The third-order valence-electron chi connectivity index (χ3n) is 5.07. The first kappa shape index (κ1) is 18.5. The van der Waals surface area contributed by atoms with E-state index in [0.29, 0.717) is 18.8 Å². The number of nitrogens with zero attached hydrogens (tertiary/aromatic N) is 2. The molecule has 3 nitrogen and oxygen atoms in total. The Morgan fingerprint density at radius 1 is 1.08 bits per heavy atom. The molecule has 26 heavy (non-hydrogen) atoms. The molecular formula is C21H24F2N2O. The van der Waals surface area contributed by atoms with Crippen molar-refractivity contribution in [1.29, 1.82) is 0 Å². The van der Waals surface area contributed by atoms with Gasteiger partial charge in [-0.15, -0.1) is 0 Å². The van der Waals surface area contributed by atoms with Crippen LogP contribution in [-0.4, -0.2) is 28.9 Å². The molecule has 1 saturated heterocycles. The minimum atomic E-state index is -0.808. The highest BCUT2D eigenvalue weighted by Crippen LogP contribution is 2.23. The Balaban J connectivity index is 1.47. The van der Waals surface area contributed by atoms with Gasteiger partial charge in [-0.3, -0.25) is 9.78 Å². The maximum atomic E-state index is 13.3. The monoisotopic (exact) mass is 358 g/mol. The van der Waals surface area contributed by atoms with Crippen LogP contribution >= 0.6 is 0 Å². The maximum absolute atomic E-state index is 13.3. The molecule has 0 unspecified atom stereocenters. The molecule has 2 aromatic rings. The fourth-order valence-corrected chi connectivity index (χ4v) is 3.55. The highest BCUT2D eigenvalue weighted by molar-refractivity contribution is 5.76. The minimum absolute atomic E-state index is 0.194. The van der Waals surface area contributed by atoms with E-state index >= 15 is 0 Å². The van der Waals surface area contributed by atoms with Crippen molar-refractivity contribution in [3.05, 3.63) is 65.5 Å². The number of pyridine rings is 1. The van der Waals surface area contributed by atoms with Gasteiger partial charge in [0.15, 0.2) is 11.6 Å². The Hall–Kier alpha value is -2.30. The first-order chi connectivity index (χ1) is 12.6. The summed E-state index contributed by atoms with van der Waals surface area (Å²) in [4.78, 5) is 18.4. The first-order valence-corrected chi connectivity index (χ1v) is 9.22. The van der Waals surface area contributed by atoms with Gasteiger partial charge in [0, 0.05) is 31.9 Å². The van der Waals surface area contributed by atoms with Gasteiger partial charge < -0.3 is 4.90 Å². The zero-order chi connectivity index (χ0) is 18.4. The SMILES string of the molecule is O=C(CCc1ccncc1)N1CCC[C@H](CCc2ccc(F)c(F)c2)C1. The number of piperidine rings is 1. The maximum Gasteiger partial charge on any atom is 0.222 e. The molecule has 5 heteroatoms. The second kappa shape index (κ2) is 8.88. The number of hydrogen-bond donors (Lipinski definition) is 0. The van der Waals surface area contributed by atoms with Crippen LogP contribution in [0.5, 0.6) is 0 Å². The summed E-state index contributed by atoms with van der Waals surface area (Å²) in [5.41, 5.74) is 1.94. The molecule has 138 valence electrons. The molecule has 0 bridgehead atoms. The van der Waals surface area contributed by atoms with Crippen molar-refractivity contribution >= 4 is 5.91 Å². The molecule has 1 aliphatic heterocycles. The highest BCUT2D eigenvalue weighted by atomic mass is 19.2. The van der Waals surface area contributed by atoms with Crippen molar-refractivity contribution in [2.45, 2.75) is 38.5 Å². The number of likely N-dealkylation sites (tertiary alicyclic amines) is 1. The molecule has 1 aliphatic rings. The van der Waals surface area contributed by atoms with Gasteiger partial charge in [-0.1, -0.05) is 6.07 Å². The molecule has 0 N–H and O–H groups in total. The van der Waals surface area contributed by atoms with Gasteiger partial charge in [0.05, 0.1) is 0 Å². The number of hydrogen-bond acceptors (Lipinski definition) is 2. The molecule has 1 aromatic heterocycles. The molecule has 3 rings (SSSR count). The molecule has 0 aliphatic carbocycles. The molecule has 0 spiro atoms. The number of carbonyl (C=O) groups excluding carboxylic acids is 1. The largest absolute Gasteiger partial charge is 0.342 e. The summed E-state index contributed by atoms with van der Waals surface area (Å²) in [7, 11) is 0. The lowest BCUT2D eigenvalue weighted by Gasteiger charge is -2.33. The molecular weight excluding hydrogens is 334 g/mol. The van der Waals surface area contributed by atoms with Crippen molar-refractivity contribution < 1.29 is 13.6 Å². The summed E-state index contributed by atoms with van der Waals surface area (Å²) in [5, 5.41) is 0. The number of carbonyl (C=O) groups is 1. The molecule has 0 radical (unpaired) electrons. The number of aryl methyl sites for hydroxylation is 2. The average molecular weight is 358 g/mol. The van der Waals surface area contributed by atoms with Gasteiger partial charge in [-0.2, -0.15) is 0 Å². The van der Waals surface area contributed by atoms with Crippen LogP contribution in [0.1, 0.15) is 36.8 Å². The van der Waals surface area contributed by atoms with Crippen LogP contribution < -0.4 is 0 Å². The molecule has 1 amide bonds. The molecule has 1 atom stereocenters. The Kier molecular flexibility index (Phi) is 6.31. The Morgan fingerprint density at radius 2 is 1.88 bits per heavy atom. The average Bonchev–Trinajstić information content (AvgIpc) is 2.68. The fourth-order valence-electron chi connectivity index (χ4n) is 3.55. The number of amides is 1. The van der Waals surface area contributed by atoms with Crippen LogP contribution in [0, 0.1) is 17.6 Å². The quantitative estimate of drug-likeness (QED) is 0.777. The van der Waals surface area contributed by atoms with E-state index in [0.717, 1.165) is 49.9 Å². The van der Waals surface area contributed by atoms with Crippen molar-refractivity contribution in [2.24, 2.45) is 5.92 Å². The predicted octanol–water partition coefficient (Wildman–Crippen LogP) is 4.16. The van der Waals surface area contributed by atoms with Crippen LogP contribution in [0.2, 0.25) is 0 Å². The Bertz CT molecular complexity index is 736. The molecule has 1 fully saturated rings. The van der Waals surface area contributed by atoms with Crippen molar-refractivity contribution in [3.8, 4) is 0 Å². The summed E-state index contributed by atoms with van der Waals surface area (Å²) < 4.78 is 26.3. The van der Waals surface area contributed by atoms with Gasteiger partial charge in [-0.25, -0.2) is 8.78 Å². The Labute approximate surface area is 153 Å². The summed E-state index contributed by atoms with van der Waals surface area (Å²) in [6.45, 7) is 1.58. The topological polar surface area (TPSA) is 33.2 Å². The zero-order valence-corrected chi connectivity index (χ0v) is 14.8. The fraction of sp³-hybridized carbons (Fsp3) is 0.429. The van der Waals surface area contributed by atoms with Gasteiger partial charge in [0.25, 0.3) is 0 Å². The summed E-state index contributed by atoms with van der Waals surface area (Å²) in [6, 6.07) is 7.97. The molecule has 0 saturated carbocycles. The van der Waals surface area contributed by atoms with E-state index in [9.17, 15) is 13.6 Å². The number of benzene rings is 1. The van der Waals surface area contributed by atoms with Crippen molar-refractivity contribution in [1.82, 2.24) is 9.88 Å². The van der Waals surface area contributed by atoms with Crippen LogP contribution in [0.4, 0.5) is 8.78 Å². The van der Waals surface area contributed by atoms with Gasteiger partial charge >= 0.3 is 0 Å². The number of aromatic nitrogens is 1. The zero-order valence-electron chi connectivity index (χ0n) is 14.8. The van der Waals surface area contributed by atoms with E-state index in [1.54, 1.807) is 18.5 Å². The Morgan fingerprint density at radius 3 is 2.65 bits per heavy atom. The van der Waals surface area contributed by atoms with Gasteiger partial charge in [-0.05, 0) is 73.4 Å². The lowest BCUT2D eigenvalue weighted by Crippen LogP contribution is -2.40. The second-order valence-corrected chi connectivity index (χ2v) is 6.99. The van der Waals surface area contributed by atoms with E-state index in [4.69, 9.17) is 0 Å². The highest BCUT2D eigenvalue weighted by Gasteiger charge is 2.23. The van der Waals surface area contributed by atoms with E-state index in [1.165, 1.54) is 12.1 Å². The van der Waals surface area contributed by atoms with E-state index in [2.05, 4.69) is 4.98 Å². The lowest BCUT2D eigenvalue weighted by molar-refractivity contribution is -0.133. The van der Waals surface area contributed by atoms with Crippen LogP contribution in [0.25, 0.3) is 0 Å². The van der Waals surface area contributed by atoms with Crippen molar-refractivity contribution in [2.75, 3.05) is 13.1 Å². The van der Waals surface area contributed by atoms with Crippen LogP contribution in [0.3, 0.4) is 0 Å². The number of halogens is 2. The van der Waals surface area contributed by atoms with Crippen LogP contribution in [0.15, 0.2) is 42.7 Å².